The number of rotatable bonds is 40. The summed E-state index contributed by atoms with van der Waals surface area (Å²) in [7, 11) is -4.62. The van der Waals surface area contributed by atoms with E-state index < -0.39 is 58.4 Å². The molecule has 304 valence electrons. The number of esters is 2. The molecule has 0 amide bonds. The molecule has 0 rings (SSSR count). The van der Waals surface area contributed by atoms with Crippen LogP contribution in [-0.4, -0.2) is 65.7 Å². The smallest absolute Gasteiger partial charge is 0.457 e. The maximum atomic E-state index is 12.3. The number of aliphatic hydroxyl groups excluding tert-OH is 2. The summed E-state index contributed by atoms with van der Waals surface area (Å²) in [4.78, 5) is 34.3. The lowest BCUT2D eigenvalue weighted by atomic mass is 10.0. The van der Waals surface area contributed by atoms with E-state index in [1.165, 1.54) is 128 Å². The topological polar surface area (TPSA) is 149 Å². The molecule has 0 saturated carbocycles. The van der Waals surface area contributed by atoms with Crippen LogP contribution >= 0.6 is 7.82 Å². The molecular formula is C40H79O10P. The van der Waals surface area contributed by atoms with Gasteiger partial charge in [0.1, 0.15) is 12.2 Å². The van der Waals surface area contributed by atoms with Crippen molar-refractivity contribution in [3.63, 3.8) is 0 Å². The first kappa shape index (κ1) is 50.0. The minimum atomic E-state index is -4.62. The van der Waals surface area contributed by atoms with Crippen molar-refractivity contribution in [2.75, 3.05) is 26.4 Å². The second-order valence-electron chi connectivity index (χ2n) is 14.3. The van der Waals surface area contributed by atoms with Crippen LogP contribution in [0.2, 0.25) is 0 Å². The first-order chi connectivity index (χ1) is 24.8. The van der Waals surface area contributed by atoms with Crippen LogP contribution in [0, 0.1) is 0 Å². The van der Waals surface area contributed by atoms with Crippen LogP contribution in [0.25, 0.3) is 0 Å². The molecule has 0 heterocycles. The van der Waals surface area contributed by atoms with Crippen LogP contribution in [-0.2, 0) is 32.7 Å². The van der Waals surface area contributed by atoms with Gasteiger partial charge in [0.2, 0.25) is 0 Å². The number of phosphoric ester groups is 1. The Bertz CT molecular complexity index is 827. The van der Waals surface area contributed by atoms with Crippen molar-refractivity contribution in [2.45, 2.75) is 219 Å². The SMILES string of the molecule is CCCCCCCCCCCCCCCCCCCCCCC(=O)OC(CO)COP(=O)(O)OCC(CO)OC(=O)CCCCCCCCCC. The molecule has 0 aliphatic rings. The molecule has 0 aliphatic carbocycles. The van der Waals surface area contributed by atoms with E-state index in [-0.39, 0.29) is 12.8 Å². The second-order valence-corrected chi connectivity index (χ2v) is 15.8. The minimum Gasteiger partial charge on any atom is -0.457 e. The predicted molar refractivity (Wildman–Crippen MR) is 206 cm³/mol. The molecule has 3 N–H and O–H groups in total. The van der Waals surface area contributed by atoms with Crippen molar-refractivity contribution in [2.24, 2.45) is 0 Å². The summed E-state index contributed by atoms with van der Waals surface area (Å²) in [6, 6.07) is 0. The fourth-order valence-electron chi connectivity index (χ4n) is 6.06. The minimum absolute atomic E-state index is 0.196. The van der Waals surface area contributed by atoms with E-state index in [1.807, 2.05) is 0 Å². The zero-order valence-corrected chi connectivity index (χ0v) is 33.7. The van der Waals surface area contributed by atoms with Gasteiger partial charge in [-0.05, 0) is 12.8 Å². The molecule has 0 radical (unpaired) electrons. The first-order valence-corrected chi connectivity index (χ1v) is 22.5. The first-order valence-electron chi connectivity index (χ1n) is 21.0. The molecule has 0 aromatic heterocycles. The third kappa shape index (κ3) is 35.8. The van der Waals surface area contributed by atoms with Crippen LogP contribution in [0.1, 0.15) is 206 Å². The van der Waals surface area contributed by atoms with Gasteiger partial charge in [0.25, 0.3) is 0 Å². The summed E-state index contributed by atoms with van der Waals surface area (Å²) in [5, 5.41) is 19.1. The fourth-order valence-corrected chi connectivity index (χ4v) is 6.84. The highest BCUT2D eigenvalue weighted by atomic mass is 31.2. The summed E-state index contributed by atoms with van der Waals surface area (Å²) < 4.78 is 32.4. The van der Waals surface area contributed by atoms with Crippen LogP contribution in [0.15, 0.2) is 0 Å². The summed E-state index contributed by atoms with van der Waals surface area (Å²) in [5.74, 6) is -1.01. The zero-order valence-electron chi connectivity index (χ0n) is 32.8. The maximum Gasteiger partial charge on any atom is 0.472 e. The van der Waals surface area contributed by atoms with E-state index in [4.69, 9.17) is 18.5 Å². The third-order valence-electron chi connectivity index (χ3n) is 9.32. The van der Waals surface area contributed by atoms with Crippen molar-refractivity contribution in [3.05, 3.63) is 0 Å². The van der Waals surface area contributed by atoms with Gasteiger partial charge >= 0.3 is 19.8 Å². The van der Waals surface area contributed by atoms with Crippen LogP contribution in [0.5, 0.6) is 0 Å². The second kappa shape index (κ2) is 37.3. The van der Waals surface area contributed by atoms with Crippen molar-refractivity contribution < 1.29 is 47.8 Å². The Morgan fingerprint density at radius 3 is 0.922 bits per heavy atom. The Balaban J connectivity index is 3.82. The molecular weight excluding hydrogens is 671 g/mol. The summed E-state index contributed by atoms with van der Waals surface area (Å²) >= 11 is 0. The highest BCUT2D eigenvalue weighted by Gasteiger charge is 2.27. The molecule has 0 spiro atoms. The Kier molecular flexibility index (Phi) is 36.5. The van der Waals surface area contributed by atoms with Crippen molar-refractivity contribution in [3.8, 4) is 0 Å². The Hall–Kier alpha value is -1.03. The molecule has 0 fully saturated rings. The highest BCUT2D eigenvalue weighted by Crippen LogP contribution is 2.43. The number of aliphatic hydroxyl groups is 2. The van der Waals surface area contributed by atoms with Crippen LogP contribution in [0.3, 0.4) is 0 Å². The normalized spacial score (nSPS) is 13.9. The van der Waals surface area contributed by atoms with Gasteiger partial charge in [-0.1, -0.05) is 181 Å². The molecule has 11 heteroatoms. The van der Waals surface area contributed by atoms with Gasteiger partial charge in [-0.15, -0.1) is 0 Å². The summed E-state index contributed by atoms with van der Waals surface area (Å²) in [6.45, 7) is 2.19. The number of carbonyl (C=O) groups excluding carboxylic acids is 2. The molecule has 0 aromatic rings. The lowest BCUT2D eigenvalue weighted by molar-refractivity contribution is -0.153. The molecule has 3 unspecified atom stereocenters. The predicted octanol–water partition coefficient (Wildman–Crippen LogP) is 10.7. The maximum absolute atomic E-state index is 12.3. The van der Waals surface area contributed by atoms with E-state index >= 15 is 0 Å². The van der Waals surface area contributed by atoms with Gasteiger partial charge < -0.3 is 24.6 Å². The molecule has 0 saturated heterocycles. The number of unbranched alkanes of at least 4 members (excludes halogenated alkanes) is 26. The van der Waals surface area contributed by atoms with Gasteiger partial charge in [-0.2, -0.15) is 0 Å². The van der Waals surface area contributed by atoms with E-state index in [1.54, 1.807) is 0 Å². The molecule has 51 heavy (non-hydrogen) atoms. The number of hydrogen-bond donors (Lipinski definition) is 3. The van der Waals surface area contributed by atoms with Gasteiger partial charge in [0.05, 0.1) is 26.4 Å². The van der Waals surface area contributed by atoms with Crippen molar-refractivity contribution in [1.82, 2.24) is 0 Å². The van der Waals surface area contributed by atoms with Gasteiger partial charge in [-0.25, -0.2) is 4.57 Å². The summed E-state index contributed by atoms with van der Waals surface area (Å²) in [5.41, 5.74) is 0. The van der Waals surface area contributed by atoms with E-state index in [0.717, 1.165) is 38.5 Å². The van der Waals surface area contributed by atoms with E-state index in [9.17, 15) is 29.3 Å². The lowest BCUT2D eigenvalue weighted by Crippen LogP contribution is -2.28. The monoisotopic (exact) mass is 751 g/mol. The number of carbonyl (C=O) groups is 2. The van der Waals surface area contributed by atoms with Crippen molar-refractivity contribution >= 4 is 19.8 Å². The molecule has 0 aromatic carbocycles. The Morgan fingerprint density at radius 1 is 0.451 bits per heavy atom. The zero-order chi connectivity index (χ0) is 37.7. The van der Waals surface area contributed by atoms with Crippen LogP contribution in [0.4, 0.5) is 0 Å². The molecule has 10 nitrogen and oxygen atoms in total. The number of hydrogen-bond acceptors (Lipinski definition) is 9. The summed E-state index contributed by atoms with van der Waals surface area (Å²) in [6.07, 6.45) is 32.4. The third-order valence-corrected chi connectivity index (χ3v) is 10.3. The quantitative estimate of drug-likeness (QED) is 0.0314. The molecule has 0 bridgehead atoms. The van der Waals surface area contributed by atoms with Gasteiger partial charge in [0.15, 0.2) is 0 Å². The average molecular weight is 751 g/mol. The number of phosphoric acid groups is 1. The fraction of sp³-hybridized carbons (Fsp3) is 0.950. The number of ether oxygens (including phenoxy) is 2. The Labute approximate surface area is 312 Å². The molecule has 0 aliphatic heterocycles. The standard InChI is InChI=1S/C40H79O10P/c1-3-5-7-9-11-13-14-15-16-17-18-19-20-21-22-23-24-26-28-30-32-40(44)50-38(34-42)36-48-51(45,46)47-35-37(33-41)49-39(43)31-29-27-25-12-10-8-6-4-2/h37-38,41-42H,3-36H2,1-2H3,(H,45,46). The average Bonchev–Trinajstić information content (AvgIpc) is 3.12. The lowest BCUT2D eigenvalue weighted by Gasteiger charge is -2.20. The van der Waals surface area contributed by atoms with E-state index in [0.29, 0.717) is 12.8 Å². The molecule has 3 atom stereocenters. The van der Waals surface area contributed by atoms with Gasteiger partial charge in [-0.3, -0.25) is 18.6 Å². The Morgan fingerprint density at radius 2 is 0.686 bits per heavy atom. The van der Waals surface area contributed by atoms with Crippen LogP contribution < -0.4 is 0 Å². The largest absolute Gasteiger partial charge is 0.472 e. The van der Waals surface area contributed by atoms with Crippen molar-refractivity contribution in [1.29, 1.82) is 0 Å². The highest BCUT2D eigenvalue weighted by molar-refractivity contribution is 7.47. The van der Waals surface area contributed by atoms with E-state index in [2.05, 4.69) is 13.8 Å². The van der Waals surface area contributed by atoms with Gasteiger partial charge in [0, 0.05) is 12.8 Å².